The van der Waals surface area contributed by atoms with Crippen molar-refractivity contribution in [2.24, 2.45) is 5.92 Å². The highest BCUT2D eigenvalue weighted by atomic mass is 79.9. The molecule has 0 amide bonds. The van der Waals surface area contributed by atoms with Crippen molar-refractivity contribution in [3.8, 4) is 0 Å². The van der Waals surface area contributed by atoms with Crippen LogP contribution in [0.25, 0.3) is 0 Å². The number of rotatable bonds is 3. The number of hydrogen-bond acceptors (Lipinski definition) is 2. The summed E-state index contributed by atoms with van der Waals surface area (Å²) in [5, 5.41) is 0. The van der Waals surface area contributed by atoms with Crippen molar-refractivity contribution < 1.29 is 9.53 Å². The van der Waals surface area contributed by atoms with Crippen molar-refractivity contribution >= 4 is 21.9 Å². The number of carbonyl (C=O) groups is 1. The van der Waals surface area contributed by atoms with Crippen LogP contribution in [0, 0.1) is 5.92 Å². The Labute approximate surface area is 110 Å². The summed E-state index contributed by atoms with van der Waals surface area (Å²) in [6, 6.07) is 7.34. The maximum absolute atomic E-state index is 11.8. The van der Waals surface area contributed by atoms with Gasteiger partial charge in [-0.25, -0.2) is 4.79 Å². The molecule has 2 rings (SSSR count). The van der Waals surface area contributed by atoms with Crippen molar-refractivity contribution in [3.05, 3.63) is 46.5 Å². The molecule has 0 radical (unpaired) electrons. The molecule has 0 aromatic heterocycles. The predicted molar refractivity (Wildman–Crippen MR) is 70.9 cm³/mol. The quantitative estimate of drug-likeness (QED) is 0.623. The van der Waals surface area contributed by atoms with Crippen LogP contribution in [0.2, 0.25) is 0 Å². The second-order valence-corrected chi connectivity index (χ2v) is 5.08. The number of esters is 1. The maximum Gasteiger partial charge on any atom is 0.339 e. The minimum atomic E-state index is -0.243. The first-order chi connectivity index (χ1) is 8.27. The van der Waals surface area contributed by atoms with Gasteiger partial charge in [0, 0.05) is 4.47 Å². The van der Waals surface area contributed by atoms with E-state index < -0.39 is 0 Å². The van der Waals surface area contributed by atoms with Crippen LogP contribution in [0.4, 0.5) is 0 Å². The summed E-state index contributed by atoms with van der Waals surface area (Å²) < 4.78 is 6.13. The van der Waals surface area contributed by atoms with E-state index in [9.17, 15) is 4.79 Å². The average Bonchev–Trinajstić information content (AvgIpc) is 2.38. The normalized spacial score (nSPS) is 19.0. The summed E-state index contributed by atoms with van der Waals surface area (Å²) in [5.74, 6) is 0.235. The molecule has 1 atom stereocenters. The van der Waals surface area contributed by atoms with Crippen molar-refractivity contribution in [2.45, 2.75) is 19.3 Å². The lowest BCUT2D eigenvalue weighted by atomic mass is 9.95. The van der Waals surface area contributed by atoms with Crippen molar-refractivity contribution in [1.82, 2.24) is 0 Å². The van der Waals surface area contributed by atoms with Crippen LogP contribution in [0.5, 0.6) is 0 Å². The number of hydrogen-bond donors (Lipinski definition) is 0. The third-order valence-corrected chi connectivity index (χ3v) is 3.61. The summed E-state index contributed by atoms with van der Waals surface area (Å²) in [5.41, 5.74) is 0.596. The fraction of sp³-hybridized carbons (Fsp3) is 0.357. The van der Waals surface area contributed by atoms with E-state index in [0.717, 1.165) is 23.7 Å². The van der Waals surface area contributed by atoms with Gasteiger partial charge in [-0.1, -0.05) is 24.3 Å². The van der Waals surface area contributed by atoms with Gasteiger partial charge < -0.3 is 4.74 Å². The Kier molecular flexibility index (Phi) is 4.37. The van der Waals surface area contributed by atoms with E-state index in [4.69, 9.17) is 4.74 Å². The van der Waals surface area contributed by atoms with Gasteiger partial charge in [-0.15, -0.1) is 0 Å². The van der Waals surface area contributed by atoms with Gasteiger partial charge in [-0.3, -0.25) is 0 Å². The van der Waals surface area contributed by atoms with Gasteiger partial charge in [-0.05, 0) is 53.2 Å². The second-order valence-electron chi connectivity index (χ2n) is 4.23. The highest BCUT2D eigenvalue weighted by Gasteiger charge is 2.15. The van der Waals surface area contributed by atoms with Crippen LogP contribution in [-0.4, -0.2) is 12.6 Å². The lowest BCUT2D eigenvalue weighted by Crippen LogP contribution is -2.15. The number of allylic oxidation sites excluding steroid dienone is 2. The van der Waals surface area contributed by atoms with Crippen molar-refractivity contribution in [1.29, 1.82) is 0 Å². The molecule has 0 fully saturated rings. The summed E-state index contributed by atoms with van der Waals surface area (Å²) in [4.78, 5) is 11.8. The molecule has 17 heavy (non-hydrogen) atoms. The fourth-order valence-electron chi connectivity index (χ4n) is 1.91. The molecule has 1 unspecified atom stereocenters. The predicted octanol–water partition coefficient (Wildman–Crippen LogP) is 3.96. The maximum atomic E-state index is 11.8. The van der Waals surface area contributed by atoms with Crippen molar-refractivity contribution in [2.75, 3.05) is 6.61 Å². The largest absolute Gasteiger partial charge is 0.462 e. The Bertz CT molecular complexity index is 426. The first kappa shape index (κ1) is 12.4. The van der Waals surface area contributed by atoms with E-state index in [2.05, 4.69) is 28.1 Å². The van der Waals surface area contributed by atoms with Gasteiger partial charge >= 0.3 is 5.97 Å². The average molecular weight is 295 g/mol. The summed E-state index contributed by atoms with van der Waals surface area (Å²) >= 11 is 3.35. The molecule has 3 heteroatoms. The first-order valence-corrected chi connectivity index (χ1v) is 6.63. The molecule has 0 heterocycles. The highest BCUT2D eigenvalue weighted by molar-refractivity contribution is 9.10. The Balaban J connectivity index is 1.89. The number of carbonyl (C=O) groups excluding carboxylic acids is 1. The second kappa shape index (κ2) is 6.01. The third-order valence-electron chi connectivity index (χ3n) is 2.92. The first-order valence-electron chi connectivity index (χ1n) is 5.84. The summed E-state index contributed by atoms with van der Waals surface area (Å²) in [6.45, 7) is 0.518. The van der Waals surface area contributed by atoms with Gasteiger partial charge in [-0.2, -0.15) is 0 Å². The van der Waals surface area contributed by atoms with Crippen LogP contribution in [0.15, 0.2) is 40.9 Å². The molecule has 1 aliphatic rings. The Hall–Kier alpha value is -1.09. The molecule has 0 saturated carbocycles. The van der Waals surface area contributed by atoms with Crippen LogP contribution in [0.3, 0.4) is 0 Å². The molecule has 1 aromatic carbocycles. The summed E-state index contributed by atoms with van der Waals surface area (Å²) in [6.07, 6.45) is 7.58. The van der Waals surface area contributed by atoms with E-state index in [1.54, 1.807) is 6.07 Å². The smallest absolute Gasteiger partial charge is 0.339 e. The van der Waals surface area contributed by atoms with E-state index >= 15 is 0 Å². The standard InChI is InChI=1S/C14H15BrO2/c15-13-9-5-4-8-12(13)14(16)17-10-11-6-2-1-3-7-11/h1-2,4-5,8-9,11H,3,6-7,10H2. The van der Waals surface area contributed by atoms with E-state index in [-0.39, 0.29) is 5.97 Å². The van der Waals surface area contributed by atoms with E-state index in [1.807, 2.05) is 18.2 Å². The lowest BCUT2D eigenvalue weighted by molar-refractivity contribution is 0.0431. The van der Waals surface area contributed by atoms with Gasteiger partial charge in [0.25, 0.3) is 0 Å². The zero-order valence-corrected chi connectivity index (χ0v) is 11.2. The zero-order valence-electron chi connectivity index (χ0n) is 9.56. The highest BCUT2D eigenvalue weighted by Crippen LogP contribution is 2.20. The molecule has 0 aliphatic heterocycles. The monoisotopic (exact) mass is 294 g/mol. The van der Waals surface area contributed by atoms with Gasteiger partial charge in [0.1, 0.15) is 0 Å². The van der Waals surface area contributed by atoms with Crippen molar-refractivity contribution in [3.63, 3.8) is 0 Å². The molecular formula is C14H15BrO2. The van der Waals surface area contributed by atoms with Crippen LogP contribution in [-0.2, 0) is 4.74 Å². The zero-order chi connectivity index (χ0) is 12.1. The topological polar surface area (TPSA) is 26.3 Å². The minimum Gasteiger partial charge on any atom is -0.462 e. The molecule has 90 valence electrons. The van der Waals surface area contributed by atoms with Gasteiger partial charge in [0.05, 0.1) is 12.2 Å². The Morgan fingerprint density at radius 2 is 2.18 bits per heavy atom. The minimum absolute atomic E-state index is 0.243. The van der Waals surface area contributed by atoms with Crippen LogP contribution >= 0.6 is 15.9 Å². The summed E-state index contributed by atoms with van der Waals surface area (Å²) in [7, 11) is 0. The molecular weight excluding hydrogens is 280 g/mol. The molecule has 0 saturated heterocycles. The molecule has 0 bridgehead atoms. The fourth-order valence-corrected chi connectivity index (χ4v) is 2.35. The van der Waals surface area contributed by atoms with Gasteiger partial charge in [0.15, 0.2) is 0 Å². The molecule has 1 aromatic rings. The molecule has 0 spiro atoms. The van der Waals surface area contributed by atoms with Crippen LogP contribution < -0.4 is 0 Å². The lowest BCUT2D eigenvalue weighted by Gasteiger charge is -2.17. The molecule has 0 N–H and O–H groups in total. The van der Waals surface area contributed by atoms with E-state index in [0.29, 0.717) is 18.1 Å². The number of halogens is 1. The SMILES string of the molecule is O=C(OCC1CC=CCC1)c1ccccc1Br. The van der Waals surface area contributed by atoms with Gasteiger partial charge in [0.2, 0.25) is 0 Å². The number of ether oxygens (including phenoxy) is 1. The van der Waals surface area contributed by atoms with Crippen LogP contribution in [0.1, 0.15) is 29.6 Å². The number of benzene rings is 1. The molecule has 2 nitrogen and oxygen atoms in total. The Morgan fingerprint density at radius 1 is 1.35 bits per heavy atom. The third kappa shape index (κ3) is 3.43. The van der Waals surface area contributed by atoms with E-state index in [1.165, 1.54) is 0 Å². The molecule has 1 aliphatic carbocycles. The Morgan fingerprint density at radius 3 is 2.88 bits per heavy atom.